The first-order valence-electron chi connectivity index (χ1n) is 28.0. The third kappa shape index (κ3) is 14.6. The summed E-state index contributed by atoms with van der Waals surface area (Å²) in [5, 5.41) is 48.1. The number of likely N-dealkylation sites (N-methyl/N-ethyl adjacent to an activating group) is 1. The van der Waals surface area contributed by atoms with E-state index in [2.05, 4.69) is 5.32 Å². The number of cyclic esters (lactones) is 1. The minimum absolute atomic E-state index is 0.000450. The van der Waals surface area contributed by atoms with Gasteiger partial charge >= 0.3 is 18.0 Å². The molecule has 4 aliphatic rings. The highest BCUT2D eigenvalue weighted by molar-refractivity contribution is 6.32. The van der Waals surface area contributed by atoms with Crippen LogP contribution in [0.25, 0.3) is 10.9 Å². The number of alkyl carbamates (subject to hydrolysis) is 1. The maximum absolute atomic E-state index is 14.6. The zero-order valence-electron chi connectivity index (χ0n) is 48.9. The molecule has 0 radical (unpaired) electrons. The number of carbonyl (C=O) groups is 4. The molecule has 3 aliphatic heterocycles. The molecule has 22 nitrogen and oxygen atoms in total. The predicted molar refractivity (Wildman–Crippen MR) is 293 cm³/mol. The average Bonchev–Trinajstić information content (AvgIpc) is 4.28. The van der Waals surface area contributed by atoms with Gasteiger partial charge in [-0.05, 0) is 106 Å². The van der Waals surface area contributed by atoms with E-state index in [1.165, 1.54) is 40.3 Å². The molecule has 4 fully saturated rings. The van der Waals surface area contributed by atoms with E-state index in [0.29, 0.717) is 18.4 Å². The van der Waals surface area contributed by atoms with Gasteiger partial charge in [-0.25, -0.2) is 9.59 Å². The Morgan fingerprint density at radius 2 is 1.56 bits per heavy atom. The zero-order chi connectivity index (χ0) is 59.3. The highest BCUT2D eigenvalue weighted by Gasteiger charge is 2.55. The van der Waals surface area contributed by atoms with E-state index in [4.69, 9.17) is 59.0 Å². The molecule has 0 spiro atoms. The standard InChI is InChI=1S/C57H88ClN3O19/c1-15-42-57(10,70)48(65)31(4)44(62)29(2)26-55(8,71-13)49(79-53-46(64)40(60(11)12)23-30(3)75-53)32(5)47(33(6)52(68)77-42)78-43-27-56(9,72-14)50(34(7)76-43)80-54(69)59-19-16-20-73-21-22-74-41-24-36-39(25-38(41)58)61(35-17-18-35)28-37(45(36)63)51(66)67/h24-25,28-35,40,42-43,46-50,53,64-65,70H,15-23,26-27H2,1-14H3,(H,59,69)(H,66,67)/t29-,30-,31+,32+,33-,34+,40+,42-,43?,46-,47+,48-,49-,50+,53?,55-,56-,57-/m1/s1. The molecule has 18 atom stereocenters. The predicted octanol–water partition coefficient (Wildman–Crippen LogP) is 5.66. The number of carboxylic acid groups (broad SMARTS) is 1. The summed E-state index contributed by atoms with van der Waals surface area (Å²) < 4.78 is 64.4. The van der Waals surface area contributed by atoms with Crippen LogP contribution in [0.4, 0.5) is 4.79 Å². The molecule has 2 unspecified atom stereocenters. The first-order chi connectivity index (χ1) is 37.5. The normalized spacial score (nSPS) is 36.8. The van der Waals surface area contributed by atoms with Crippen molar-refractivity contribution in [2.75, 3.05) is 54.7 Å². The number of hydrogen-bond donors (Lipinski definition) is 5. The SMILES string of the molecule is CC[C@H]1OC(=O)[C@H](C)[C@@H](OC2C[C@@](C)(OC)[C@@H](OC(=O)NCCCOCCOc3cc4c(=O)c(C(=O)O)cn(C5CC5)c4cc3Cl)[C@H](C)O2)[C@H](C)[C@@H](OC2O[C@H](C)C[C@H](N(C)C)[C@H]2O)[C@](C)(OC)C[C@@H](C)C(=O)[C@H](C)[C@@H](O)[C@]1(C)O. The number of esters is 1. The lowest BCUT2D eigenvalue weighted by Crippen LogP contribution is -2.62. The fraction of sp³-hybridized carbons (Fsp3) is 0.772. The van der Waals surface area contributed by atoms with Gasteiger partial charge in [-0.3, -0.25) is 14.4 Å². The summed E-state index contributed by atoms with van der Waals surface area (Å²) in [6, 6.07) is 2.82. The fourth-order valence-corrected chi connectivity index (χ4v) is 12.1. The van der Waals surface area contributed by atoms with Crippen LogP contribution in [-0.4, -0.2) is 193 Å². The third-order valence-corrected chi connectivity index (χ3v) is 17.2. The van der Waals surface area contributed by atoms with Crippen LogP contribution in [0.15, 0.2) is 23.1 Å². The number of ether oxygens (including phenoxy) is 10. The highest BCUT2D eigenvalue weighted by atomic mass is 35.5. The number of halogens is 1. The molecule has 2 aromatic rings. The van der Waals surface area contributed by atoms with Crippen molar-refractivity contribution in [3.8, 4) is 5.75 Å². The summed E-state index contributed by atoms with van der Waals surface area (Å²) in [6.45, 7) is 17.5. The average molecular weight is 1150 g/mol. The maximum Gasteiger partial charge on any atom is 0.407 e. The summed E-state index contributed by atoms with van der Waals surface area (Å²) >= 11 is 6.54. The number of rotatable bonds is 19. The summed E-state index contributed by atoms with van der Waals surface area (Å²) in [5.41, 5.74) is -5.00. The first kappa shape index (κ1) is 65.1. The number of carboxylic acids is 1. The molecule has 1 aromatic carbocycles. The number of nitrogens with one attached hydrogen (secondary N) is 1. The fourth-order valence-electron chi connectivity index (χ4n) is 11.9. The largest absolute Gasteiger partial charge is 0.490 e. The van der Waals surface area contributed by atoms with Gasteiger partial charge in [0.2, 0.25) is 5.43 Å². The summed E-state index contributed by atoms with van der Waals surface area (Å²) in [4.78, 5) is 68.9. The van der Waals surface area contributed by atoms with E-state index in [1.807, 2.05) is 32.8 Å². The van der Waals surface area contributed by atoms with Gasteiger partial charge in [0.25, 0.3) is 0 Å². The van der Waals surface area contributed by atoms with E-state index in [1.54, 1.807) is 52.2 Å². The second-order valence-electron chi connectivity index (χ2n) is 23.4. The number of amides is 1. The zero-order valence-corrected chi connectivity index (χ0v) is 49.7. The number of aromatic nitrogens is 1. The number of Topliss-reactive ketones (excluding diaryl/α,β-unsaturated/α-hetero) is 1. The van der Waals surface area contributed by atoms with Crippen LogP contribution in [0.5, 0.6) is 5.75 Å². The number of aromatic carboxylic acids is 1. The Hall–Kier alpha value is -4.04. The molecular weight excluding hydrogens is 1070 g/mol. The smallest absolute Gasteiger partial charge is 0.407 e. The molecule has 80 heavy (non-hydrogen) atoms. The van der Waals surface area contributed by atoms with Crippen molar-refractivity contribution in [2.45, 2.75) is 204 Å². The Bertz CT molecular complexity index is 2530. The van der Waals surface area contributed by atoms with Gasteiger partial charge < -0.3 is 82.6 Å². The number of carbonyl (C=O) groups excluding carboxylic acids is 3. The van der Waals surface area contributed by atoms with Crippen molar-refractivity contribution < 1.29 is 87.0 Å². The number of aliphatic hydroxyl groups excluding tert-OH is 2. The Kier molecular flexibility index (Phi) is 22.1. The van der Waals surface area contributed by atoms with Crippen LogP contribution >= 0.6 is 11.6 Å². The second-order valence-corrected chi connectivity index (χ2v) is 23.8. The van der Waals surface area contributed by atoms with Crippen molar-refractivity contribution in [1.29, 1.82) is 0 Å². The maximum atomic E-state index is 14.6. The molecule has 1 saturated carbocycles. The van der Waals surface area contributed by atoms with Crippen molar-refractivity contribution >= 4 is 46.3 Å². The van der Waals surface area contributed by atoms with Gasteiger partial charge in [0.15, 0.2) is 18.7 Å². The number of nitrogens with zero attached hydrogens (tertiary/aromatic N) is 2. The van der Waals surface area contributed by atoms with E-state index < -0.39 is 119 Å². The number of benzene rings is 1. The number of ketones is 1. The van der Waals surface area contributed by atoms with Crippen LogP contribution in [0.1, 0.15) is 131 Å². The van der Waals surface area contributed by atoms with Crippen molar-refractivity contribution in [3.63, 3.8) is 0 Å². The molecule has 0 bridgehead atoms. The van der Waals surface area contributed by atoms with Crippen molar-refractivity contribution in [1.82, 2.24) is 14.8 Å². The van der Waals surface area contributed by atoms with Crippen LogP contribution in [0, 0.1) is 23.7 Å². The van der Waals surface area contributed by atoms with Crippen molar-refractivity contribution in [2.24, 2.45) is 23.7 Å². The van der Waals surface area contributed by atoms with E-state index in [0.717, 1.165) is 12.8 Å². The number of fused-ring (bicyclic) bond motifs is 1. The lowest BCUT2D eigenvalue weighted by atomic mass is 9.74. The van der Waals surface area contributed by atoms with Crippen LogP contribution in [0.3, 0.4) is 0 Å². The summed E-state index contributed by atoms with van der Waals surface area (Å²) in [7, 11) is 6.67. The van der Waals surface area contributed by atoms with Gasteiger partial charge in [-0.15, -0.1) is 0 Å². The molecule has 4 heterocycles. The van der Waals surface area contributed by atoms with Gasteiger partial charge in [-0.2, -0.15) is 0 Å². The van der Waals surface area contributed by atoms with Gasteiger partial charge in [0, 0.05) is 69.8 Å². The minimum Gasteiger partial charge on any atom is -0.490 e. The molecule has 1 aliphatic carbocycles. The quantitative estimate of drug-likeness (QED) is 0.0838. The van der Waals surface area contributed by atoms with Crippen molar-refractivity contribution in [3.05, 3.63) is 39.1 Å². The Balaban J connectivity index is 1.14. The number of hydrogen-bond acceptors (Lipinski definition) is 19. The lowest BCUT2D eigenvalue weighted by Gasteiger charge is -2.50. The van der Waals surface area contributed by atoms with Crippen LogP contribution in [-0.2, 0) is 52.2 Å². The molecule has 3 saturated heterocycles. The second kappa shape index (κ2) is 27.1. The Morgan fingerprint density at radius 1 is 0.900 bits per heavy atom. The van der Waals surface area contributed by atoms with E-state index in [9.17, 15) is 44.4 Å². The summed E-state index contributed by atoms with van der Waals surface area (Å²) in [5.74, 6) is -6.01. The highest BCUT2D eigenvalue weighted by Crippen LogP contribution is 2.43. The first-order valence-corrected chi connectivity index (χ1v) is 28.4. The third-order valence-electron chi connectivity index (χ3n) is 16.9. The summed E-state index contributed by atoms with van der Waals surface area (Å²) in [6.07, 6.45) is -7.12. The van der Waals surface area contributed by atoms with E-state index in [-0.39, 0.29) is 91.3 Å². The molecule has 6 rings (SSSR count). The number of methoxy groups -OCH3 is 2. The van der Waals surface area contributed by atoms with Gasteiger partial charge in [0.1, 0.15) is 47.1 Å². The van der Waals surface area contributed by atoms with Crippen LogP contribution in [0.2, 0.25) is 5.02 Å². The topological polar surface area (TPSA) is 279 Å². The van der Waals surface area contributed by atoms with Gasteiger partial charge in [0.05, 0.1) is 64.6 Å². The number of aliphatic hydroxyl groups is 3. The molecule has 1 aromatic heterocycles. The monoisotopic (exact) mass is 1150 g/mol. The molecule has 1 amide bonds. The Morgan fingerprint density at radius 3 is 2.17 bits per heavy atom. The Labute approximate surface area is 474 Å². The lowest BCUT2D eigenvalue weighted by molar-refractivity contribution is -0.319. The molecule has 452 valence electrons. The van der Waals surface area contributed by atoms with E-state index >= 15 is 0 Å². The molecule has 23 heteroatoms. The minimum atomic E-state index is -2.04. The number of pyridine rings is 1. The van der Waals surface area contributed by atoms with Crippen LogP contribution < -0.4 is 15.5 Å². The molecular formula is C57H88ClN3O19. The molecule has 5 N–H and O–H groups in total. The van der Waals surface area contributed by atoms with Gasteiger partial charge in [-0.1, -0.05) is 39.3 Å².